The Morgan fingerprint density at radius 1 is 1.47 bits per heavy atom. The van der Waals surface area contributed by atoms with Crippen LogP contribution in [0.1, 0.15) is 5.56 Å². The zero-order chi connectivity index (χ0) is 10.8. The highest BCUT2D eigenvalue weighted by atomic mass is 35.5. The van der Waals surface area contributed by atoms with E-state index in [1.165, 1.54) is 0 Å². The predicted octanol–water partition coefficient (Wildman–Crippen LogP) is 1.36. The summed E-state index contributed by atoms with van der Waals surface area (Å²) in [4.78, 5) is 0. The molecule has 82 valence electrons. The first-order valence-corrected chi connectivity index (χ1v) is 5.36. The summed E-state index contributed by atoms with van der Waals surface area (Å²) in [5, 5.41) is 13.3. The highest BCUT2D eigenvalue weighted by Crippen LogP contribution is 2.24. The molecular formula is C11H14ClNO2. The summed E-state index contributed by atoms with van der Waals surface area (Å²) in [5.41, 5.74) is 1.03. The van der Waals surface area contributed by atoms with Crippen molar-refractivity contribution < 1.29 is 9.84 Å². The van der Waals surface area contributed by atoms with Gasteiger partial charge in [-0.1, -0.05) is 17.7 Å². The molecule has 2 N–H and O–H groups in total. The van der Waals surface area contributed by atoms with Gasteiger partial charge in [-0.25, -0.2) is 0 Å². The molecule has 0 amide bonds. The smallest absolute Gasteiger partial charge is 0.138 e. The van der Waals surface area contributed by atoms with Crippen molar-refractivity contribution in [2.24, 2.45) is 0 Å². The number of rotatable bonds is 2. The lowest BCUT2D eigenvalue weighted by Gasteiger charge is -2.17. The molecular weight excluding hydrogens is 214 g/mol. The Morgan fingerprint density at radius 3 is 2.93 bits per heavy atom. The monoisotopic (exact) mass is 227 g/mol. The molecule has 15 heavy (non-hydrogen) atoms. The van der Waals surface area contributed by atoms with E-state index in [0.29, 0.717) is 18.1 Å². The van der Waals surface area contributed by atoms with Crippen molar-refractivity contribution in [3.8, 4) is 5.75 Å². The summed E-state index contributed by atoms with van der Waals surface area (Å²) >= 11 is 5.88. The summed E-state index contributed by atoms with van der Waals surface area (Å²) in [7, 11) is 0. The summed E-state index contributed by atoms with van der Waals surface area (Å²) in [6, 6.07) is 5.52. The van der Waals surface area contributed by atoms with Gasteiger partial charge in [0.1, 0.15) is 18.0 Å². The maximum atomic E-state index is 9.59. The van der Waals surface area contributed by atoms with Gasteiger partial charge < -0.3 is 15.2 Å². The van der Waals surface area contributed by atoms with Crippen LogP contribution in [-0.2, 0) is 0 Å². The van der Waals surface area contributed by atoms with Crippen LogP contribution in [0.2, 0.25) is 5.02 Å². The average Bonchev–Trinajstić information content (AvgIpc) is 2.58. The third kappa shape index (κ3) is 2.43. The van der Waals surface area contributed by atoms with Crippen LogP contribution < -0.4 is 10.1 Å². The summed E-state index contributed by atoms with van der Waals surface area (Å²) in [6.07, 6.45) is -0.620. The van der Waals surface area contributed by atoms with Crippen molar-refractivity contribution in [3.63, 3.8) is 0 Å². The van der Waals surface area contributed by atoms with Gasteiger partial charge in [0.15, 0.2) is 0 Å². The van der Waals surface area contributed by atoms with Gasteiger partial charge in [0.2, 0.25) is 0 Å². The van der Waals surface area contributed by atoms with Crippen molar-refractivity contribution >= 4 is 11.6 Å². The van der Waals surface area contributed by atoms with E-state index in [1.807, 2.05) is 19.1 Å². The number of β-amino-alcohol motifs (C(OH)–C–C–N with tert-alkyl or cyclic N) is 1. The molecule has 2 rings (SSSR count). The summed E-state index contributed by atoms with van der Waals surface area (Å²) in [5.74, 6) is 0.746. The summed E-state index contributed by atoms with van der Waals surface area (Å²) < 4.78 is 5.70. The molecule has 0 aromatic heterocycles. The van der Waals surface area contributed by atoms with E-state index in [2.05, 4.69) is 5.32 Å². The minimum Gasteiger partial charge on any atom is -0.486 e. The van der Waals surface area contributed by atoms with Crippen LogP contribution in [0.5, 0.6) is 5.75 Å². The van der Waals surface area contributed by atoms with Gasteiger partial charge in [0.25, 0.3) is 0 Å². The number of aliphatic hydroxyl groups is 1. The summed E-state index contributed by atoms with van der Waals surface area (Å²) in [6.45, 7) is 3.22. The largest absolute Gasteiger partial charge is 0.486 e. The minimum absolute atomic E-state index is 0.179. The van der Waals surface area contributed by atoms with Gasteiger partial charge in [-0.2, -0.15) is 0 Å². The van der Waals surface area contributed by atoms with Crippen LogP contribution in [0, 0.1) is 6.92 Å². The third-order valence-corrected chi connectivity index (χ3v) is 2.79. The average molecular weight is 228 g/mol. The maximum Gasteiger partial charge on any atom is 0.138 e. The van der Waals surface area contributed by atoms with Gasteiger partial charge in [-0.15, -0.1) is 0 Å². The van der Waals surface area contributed by atoms with E-state index >= 15 is 0 Å². The SMILES string of the molecule is Cc1ccc(Cl)cc1OC1CNCC1O. The molecule has 4 heteroatoms. The minimum atomic E-state index is -0.441. The number of hydrogen-bond acceptors (Lipinski definition) is 3. The van der Waals surface area contributed by atoms with E-state index < -0.39 is 6.10 Å². The third-order valence-electron chi connectivity index (χ3n) is 2.56. The molecule has 3 nitrogen and oxygen atoms in total. The van der Waals surface area contributed by atoms with Crippen molar-refractivity contribution in [1.82, 2.24) is 5.32 Å². The highest BCUT2D eigenvalue weighted by molar-refractivity contribution is 6.30. The van der Waals surface area contributed by atoms with E-state index in [1.54, 1.807) is 6.07 Å². The number of aryl methyl sites for hydroxylation is 1. The van der Waals surface area contributed by atoms with Gasteiger partial charge in [0.05, 0.1) is 0 Å². The molecule has 2 unspecified atom stereocenters. The zero-order valence-corrected chi connectivity index (χ0v) is 9.29. The lowest BCUT2D eigenvalue weighted by Crippen LogP contribution is -2.30. The maximum absolute atomic E-state index is 9.59. The van der Waals surface area contributed by atoms with Gasteiger partial charge >= 0.3 is 0 Å². The Morgan fingerprint density at radius 2 is 2.27 bits per heavy atom. The lowest BCUT2D eigenvalue weighted by atomic mass is 10.2. The van der Waals surface area contributed by atoms with Crippen LogP contribution >= 0.6 is 11.6 Å². The molecule has 0 bridgehead atoms. The van der Waals surface area contributed by atoms with Crippen LogP contribution in [0.3, 0.4) is 0 Å². The van der Waals surface area contributed by atoms with Crippen molar-refractivity contribution in [2.45, 2.75) is 19.1 Å². The van der Waals surface area contributed by atoms with Gasteiger partial charge in [-0.3, -0.25) is 0 Å². The molecule has 1 aliphatic heterocycles. The lowest BCUT2D eigenvalue weighted by molar-refractivity contribution is 0.0733. The second-order valence-corrected chi connectivity index (χ2v) is 4.23. The van der Waals surface area contributed by atoms with E-state index in [9.17, 15) is 5.11 Å². The van der Waals surface area contributed by atoms with E-state index in [4.69, 9.17) is 16.3 Å². The molecule has 2 atom stereocenters. The second-order valence-electron chi connectivity index (χ2n) is 3.79. The zero-order valence-electron chi connectivity index (χ0n) is 8.53. The Bertz CT molecular complexity index is 356. The number of ether oxygens (including phenoxy) is 1. The highest BCUT2D eigenvalue weighted by Gasteiger charge is 2.26. The Balaban J connectivity index is 2.12. The van der Waals surface area contributed by atoms with Crippen molar-refractivity contribution in [2.75, 3.05) is 13.1 Å². The molecule has 1 aliphatic rings. The van der Waals surface area contributed by atoms with Crippen LogP contribution in [0.4, 0.5) is 0 Å². The molecule has 1 aromatic carbocycles. The fourth-order valence-electron chi connectivity index (χ4n) is 1.63. The second kappa shape index (κ2) is 4.39. The number of hydrogen-bond donors (Lipinski definition) is 2. The molecule has 1 saturated heterocycles. The molecule has 0 spiro atoms. The number of benzene rings is 1. The normalized spacial score (nSPS) is 25.5. The number of halogens is 1. The van der Waals surface area contributed by atoms with Crippen LogP contribution in [0.15, 0.2) is 18.2 Å². The first-order chi connectivity index (χ1) is 7.16. The fraction of sp³-hybridized carbons (Fsp3) is 0.455. The van der Waals surface area contributed by atoms with Gasteiger partial charge in [0, 0.05) is 18.1 Å². The number of nitrogens with one attached hydrogen (secondary N) is 1. The molecule has 0 radical (unpaired) electrons. The first-order valence-electron chi connectivity index (χ1n) is 4.98. The quantitative estimate of drug-likeness (QED) is 0.802. The predicted molar refractivity (Wildman–Crippen MR) is 59.5 cm³/mol. The van der Waals surface area contributed by atoms with E-state index in [-0.39, 0.29) is 6.10 Å². The molecule has 1 fully saturated rings. The van der Waals surface area contributed by atoms with Gasteiger partial charge in [-0.05, 0) is 24.6 Å². The molecule has 1 heterocycles. The van der Waals surface area contributed by atoms with E-state index in [0.717, 1.165) is 11.3 Å². The number of aliphatic hydroxyl groups excluding tert-OH is 1. The van der Waals surface area contributed by atoms with Crippen LogP contribution in [-0.4, -0.2) is 30.4 Å². The fourth-order valence-corrected chi connectivity index (χ4v) is 1.79. The molecule has 0 aliphatic carbocycles. The van der Waals surface area contributed by atoms with Crippen molar-refractivity contribution in [3.05, 3.63) is 28.8 Å². The topological polar surface area (TPSA) is 41.5 Å². The molecule has 1 aromatic rings. The molecule has 0 saturated carbocycles. The van der Waals surface area contributed by atoms with Crippen molar-refractivity contribution in [1.29, 1.82) is 0 Å². The first kappa shape index (κ1) is 10.7. The standard InChI is InChI=1S/C11H14ClNO2/c1-7-2-3-8(12)4-10(7)15-11-6-13-5-9(11)14/h2-4,9,11,13-14H,5-6H2,1H3. The Hall–Kier alpha value is -0.770. The Labute approximate surface area is 94.0 Å². The Kier molecular flexibility index (Phi) is 3.14. The van der Waals surface area contributed by atoms with Crippen LogP contribution in [0.25, 0.3) is 0 Å².